The molecule has 4 aromatic rings. The maximum absolute atomic E-state index is 5.03. The molecule has 0 aliphatic carbocycles. The molecule has 190 valence electrons. The van der Waals surface area contributed by atoms with Gasteiger partial charge < -0.3 is 15.2 Å². The van der Waals surface area contributed by atoms with Gasteiger partial charge in [0.15, 0.2) is 5.82 Å². The summed E-state index contributed by atoms with van der Waals surface area (Å²) < 4.78 is 0. The summed E-state index contributed by atoms with van der Waals surface area (Å²) >= 11 is 0. The molecule has 0 bridgehead atoms. The minimum Gasteiger partial charge on any atom is -0.370 e. The molecule has 37 heavy (non-hydrogen) atoms. The normalized spacial score (nSPS) is 14.4. The van der Waals surface area contributed by atoms with E-state index in [9.17, 15) is 0 Å². The number of H-pyrrole nitrogens is 2. The molecule has 7 heteroatoms. The smallest absolute Gasteiger partial charge is 0.159 e. The van der Waals surface area contributed by atoms with Crippen LogP contribution in [0.3, 0.4) is 0 Å². The minimum atomic E-state index is 0.340. The van der Waals surface area contributed by atoms with Gasteiger partial charge in [0, 0.05) is 41.6 Å². The number of aryl methyl sites for hydroxylation is 1. The van der Waals surface area contributed by atoms with Crippen molar-refractivity contribution in [2.75, 3.05) is 18.4 Å². The Balaban J connectivity index is 1.50. The van der Waals surface area contributed by atoms with Crippen molar-refractivity contribution in [2.45, 2.75) is 40.0 Å². The van der Waals surface area contributed by atoms with Crippen LogP contribution in [0.25, 0.3) is 39.2 Å². The Morgan fingerprint density at radius 2 is 1.92 bits per heavy atom. The number of fused-ring (bicyclic) bond motifs is 1. The van der Waals surface area contributed by atoms with Crippen LogP contribution in [0.2, 0.25) is 0 Å². The number of hydrogen-bond acceptors (Lipinski definition) is 5. The average Bonchev–Trinajstić information content (AvgIpc) is 3.50. The lowest BCUT2D eigenvalue weighted by Gasteiger charge is -2.30. The second-order valence-corrected chi connectivity index (χ2v) is 9.99. The molecule has 1 fully saturated rings. The molecule has 4 heterocycles. The van der Waals surface area contributed by atoms with Crippen molar-refractivity contribution in [3.05, 3.63) is 79.1 Å². The number of benzene rings is 1. The van der Waals surface area contributed by atoms with Gasteiger partial charge in [-0.15, -0.1) is 0 Å². The summed E-state index contributed by atoms with van der Waals surface area (Å²) in [7, 11) is 0. The zero-order valence-corrected chi connectivity index (χ0v) is 21.9. The number of aromatic nitrogens is 5. The van der Waals surface area contributed by atoms with Crippen molar-refractivity contribution in [3.63, 3.8) is 0 Å². The molecule has 3 aromatic heterocycles. The summed E-state index contributed by atoms with van der Waals surface area (Å²) in [5, 5.41) is 12.2. The number of allylic oxidation sites excluding steroid dienone is 3. The fraction of sp³-hybridized carbons (Fsp3) is 0.300. The van der Waals surface area contributed by atoms with E-state index in [1.165, 1.54) is 19.3 Å². The maximum atomic E-state index is 5.03. The molecule has 1 aromatic carbocycles. The van der Waals surface area contributed by atoms with Crippen LogP contribution in [0.4, 0.5) is 5.69 Å². The van der Waals surface area contributed by atoms with Crippen molar-refractivity contribution >= 4 is 22.3 Å². The van der Waals surface area contributed by atoms with E-state index >= 15 is 0 Å². The largest absolute Gasteiger partial charge is 0.370 e. The van der Waals surface area contributed by atoms with Crippen molar-refractivity contribution in [2.24, 2.45) is 5.92 Å². The molecule has 0 atom stereocenters. The van der Waals surface area contributed by atoms with E-state index in [1.54, 1.807) is 0 Å². The van der Waals surface area contributed by atoms with Crippen LogP contribution in [-0.2, 0) is 0 Å². The fourth-order valence-electron chi connectivity index (χ4n) is 4.77. The molecule has 5 rings (SSSR count). The summed E-state index contributed by atoms with van der Waals surface area (Å²) in [5.74, 6) is 1.09. The van der Waals surface area contributed by atoms with Crippen molar-refractivity contribution in [3.8, 4) is 22.6 Å². The Bertz CT molecular complexity index is 1460. The third-order valence-electron chi connectivity index (χ3n) is 6.96. The molecule has 0 amide bonds. The number of nitrogens with one attached hydrogen (secondary N) is 3. The van der Waals surface area contributed by atoms with E-state index in [0.717, 1.165) is 75.1 Å². The SMILES string of the molecule is C=C/C=C(\c1nc(-c2n[nH]c3ccc(-c4cncc(NC(=C)C(C)C)c4)cc23)[nH]c1C)N1CCCCC1. The van der Waals surface area contributed by atoms with Gasteiger partial charge in [-0.1, -0.05) is 39.1 Å². The number of hydrogen-bond donors (Lipinski definition) is 3. The van der Waals surface area contributed by atoms with E-state index in [1.807, 2.05) is 18.5 Å². The lowest BCUT2D eigenvalue weighted by Crippen LogP contribution is -2.28. The molecule has 1 aliphatic rings. The van der Waals surface area contributed by atoms with Gasteiger partial charge in [-0.25, -0.2) is 4.98 Å². The molecular formula is C30H35N7. The zero-order chi connectivity index (χ0) is 25.9. The van der Waals surface area contributed by atoms with E-state index in [0.29, 0.717) is 5.92 Å². The molecule has 0 unspecified atom stereocenters. The number of anilines is 1. The van der Waals surface area contributed by atoms with Crippen molar-refractivity contribution in [1.29, 1.82) is 0 Å². The van der Waals surface area contributed by atoms with Gasteiger partial charge in [-0.05, 0) is 61.9 Å². The van der Waals surface area contributed by atoms with Crippen LogP contribution in [0.15, 0.2) is 67.7 Å². The highest BCUT2D eigenvalue weighted by Crippen LogP contribution is 2.32. The van der Waals surface area contributed by atoms with Gasteiger partial charge in [0.1, 0.15) is 11.4 Å². The Kier molecular flexibility index (Phi) is 6.95. The van der Waals surface area contributed by atoms with Crippen LogP contribution >= 0.6 is 0 Å². The number of rotatable bonds is 8. The average molecular weight is 494 g/mol. The monoisotopic (exact) mass is 493 g/mol. The molecule has 1 saturated heterocycles. The quantitative estimate of drug-likeness (QED) is 0.232. The van der Waals surface area contributed by atoms with Gasteiger partial charge in [-0.3, -0.25) is 10.1 Å². The molecular weight excluding hydrogens is 458 g/mol. The first-order valence-corrected chi connectivity index (χ1v) is 13.0. The van der Waals surface area contributed by atoms with E-state index in [-0.39, 0.29) is 0 Å². The maximum Gasteiger partial charge on any atom is 0.159 e. The molecule has 7 nitrogen and oxygen atoms in total. The Labute approximate surface area is 218 Å². The highest BCUT2D eigenvalue weighted by Gasteiger charge is 2.21. The van der Waals surface area contributed by atoms with Gasteiger partial charge in [0.2, 0.25) is 0 Å². The molecule has 0 spiro atoms. The van der Waals surface area contributed by atoms with Crippen LogP contribution in [0.1, 0.15) is 44.5 Å². The lowest BCUT2D eigenvalue weighted by atomic mass is 10.0. The number of likely N-dealkylation sites (tertiary alicyclic amines) is 1. The van der Waals surface area contributed by atoms with Crippen LogP contribution < -0.4 is 5.32 Å². The highest BCUT2D eigenvalue weighted by molar-refractivity contribution is 5.94. The van der Waals surface area contributed by atoms with E-state index < -0.39 is 0 Å². The predicted molar refractivity (Wildman–Crippen MR) is 153 cm³/mol. The third-order valence-corrected chi connectivity index (χ3v) is 6.96. The molecule has 1 aliphatic heterocycles. The molecule has 0 saturated carbocycles. The number of piperidine rings is 1. The summed E-state index contributed by atoms with van der Waals surface area (Å²) in [6.07, 6.45) is 11.3. The third kappa shape index (κ3) is 5.07. The van der Waals surface area contributed by atoms with E-state index in [4.69, 9.17) is 4.98 Å². The second-order valence-electron chi connectivity index (χ2n) is 9.99. The number of pyridine rings is 1. The van der Waals surface area contributed by atoms with Crippen LogP contribution in [0.5, 0.6) is 0 Å². The highest BCUT2D eigenvalue weighted by atomic mass is 15.2. The Morgan fingerprint density at radius 1 is 1.11 bits per heavy atom. The number of imidazole rings is 1. The zero-order valence-electron chi connectivity index (χ0n) is 21.9. The van der Waals surface area contributed by atoms with Gasteiger partial charge in [-0.2, -0.15) is 5.10 Å². The van der Waals surface area contributed by atoms with Crippen molar-refractivity contribution < 1.29 is 0 Å². The second kappa shape index (κ2) is 10.5. The summed E-state index contributed by atoms with van der Waals surface area (Å²) in [4.78, 5) is 15.4. The Morgan fingerprint density at radius 3 is 2.68 bits per heavy atom. The lowest BCUT2D eigenvalue weighted by molar-refractivity contribution is 0.325. The van der Waals surface area contributed by atoms with Crippen LogP contribution in [-0.4, -0.2) is 43.1 Å². The van der Waals surface area contributed by atoms with Gasteiger partial charge in [0.05, 0.1) is 23.1 Å². The standard InChI is InChI=1S/C30H35N7/c1-6-10-27(37-13-8-7-9-14-37)28-21(5)33-30(34-28)29-25-16-22(11-12-26(25)35-36-29)23-15-24(18-31-17-23)32-20(4)19(2)3/h6,10-12,15-19,32H,1,4,7-9,13-14H2,2-3,5H3,(H,33,34)(H,35,36)/b27-10+. The molecule has 3 N–H and O–H groups in total. The minimum absolute atomic E-state index is 0.340. The predicted octanol–water partition coefficient (Wildman–Crippen LogP) is 6.92. The van der Waals surface area contributed by atoms with Gasteiger partial charge >= 0.3 is 0 Å². The fourth-order valence-corrected chi connectivity index (χ4v) is 4.77. The number of aromatic amines is 2. The summed E-state index contributed by atoms with van der Waals surface area (Å²) in [5.41, 5.74) is 8.83. The first kappa shape index (κ1) is 24.6. The van der Waals surface area contributed by atoms with Gasteiger partial charge in [0.25, 0.3) is 0 Å². The topological polar surface area (TPSA) is 85.5 Å². The molecule has 0 radical (unpaired) electrons. The summed E-state index contributed by atoms with van der Waals surface area (Å²) in [6.45, 7) is 16.5. The van der Waals surface area contributed by atoms with Crippen molar-refractivity contribution in [1.82, 2.24) is 30.0 Å². The Hall–Kier alpha value is -4.13. The first-order chi connectivity index (χ1) is 17.9. The van der Waals surface area contributed by atoms with E-state index in [2.05, 4.69) is 94.7 Å². The summed E-state index contributed by atoms with van der Waals surface area (Å²) in [6, 6.07) is 8.39. The van der Waals surface area contributed by atoms with Crippen LogP contribution in [0, 0.1) is 12.8 Å². The number of nitrogens with zero attached hydrogens (tertiary/aromatic N) is 4. The first-order valence-electron chi connectivity index (χ1n) is 13.0.